The molecule has 0 saturated carbocycles. The molecule has 0 spiro atoms. The van der Waals surface area contributed by atoms with Crippen molar-refractivity contribution in [3.8, 4) is 11.5 Å². The number of benzene rings is 2. The molecular formula is C20H15F4NO4S. The Hall–Kier alpha value is -3.01. The van der Waals surface area contributed by atoms with Crippen LogP contribution in [0.1, 0.15) is 12.5 Å². The molecule has 2 aromatic carbocycles. The van der Waals surface area contributed by atoms with Gasteiger partial charge in [0, 0.05) is 11.0 Å². The minimum atomic E-state index is -3.26. The number of halogens is 4. The van der Waals surface area contributed by atoms with E-state index in [1.54, 1.807) is 24.3 Å². The third-order valence-electron chi connectivity index (χ3n) is 4.10. The molecule has 0 aliphatic carbocycles. The molecule has 0 unspecified atom stereocenters. The number of ether oxygens (including phenoxy) is 2. The van der Waals surface area contributed by atoms with Gasteiger partial charge in [-0.2, -0.15) is 17.6 Å². The van der Waals surface area contributed by atoms with Gasteiger partial charge in [-0.1, -0.05) is 18.2 Å². The van der Waals surface area contributed by atoms with Crippen molar-refractivity contribution in [1.29, 1.82) is 0 Å². The predicted molar refractivity (Wildman–Crippen MR) is 103 cm³/mol. The van der Waals surface area contributed by atoms with Crippen LogP contribution < -0.4 is 14.4 Å². The van der Waals surface area contributed by atoms with Gasteiger partial charge in [-0.3, -0.25) is 9.59 Å². The average molecular weight is 441 g/mol. The molecular weight excluding hydrogens is 426 g/mol. The molecule has 2 aromatic rings. The summed E-state index contributed by atoms with van der Waals surface area (Å²) < 4.78 is 58.6. The number of carbonyl (C=O) groups excluding carboxylic acids is 2. The van der Waals surface area contributed by atoms with E-state index in [1.807, 2.05) is 0 Å². The summed E-state index contributed by atoms with van der Waals surface area (Å²) in [5, 5.41) is 0. The number of alkyl halides is 4. The maximum atomic E-state index is 12.8. The summed E-state index contributed by atoms with van der Waals surface area (Å²) >= 11 is 1.32. The number of imide groups is 1. The zero-order valence-electron chi connectivity index (χ0n) is 15.5. The summed E-state index contributed by atoms with van der Waals surface area (Å²) in [4.78, 5) is 26.9. The van der Waals surface area contributed by atoms with Crippen molar-refractivity contribution in [3.05, 3.63) is 54.1 Å². The van der Waals surface area contributed by atoms with Crippen LogP contribution in [-0.4, -0.2) is 30.8 Å². The standard InChI is InChI=1S/C20H15F4NO4S/c1-11(12-6-7-14(28-19(21)22)15(9-12)29-20(23)24)8-17(26)25-13-4-2-3-5-16(13)30-10-18(25)27/h2-9,19-20H,10H2,1H3/b11-8+. The van der Waals surface area contributed by atoms with Gasteiger partial charge in [0.15, 0.2) is 11.5 Å². The molecule has 10 heteroatoms. The number of hydrogen-bond donors (Lipinski definition) is 0. The lowest BCUT2D eigenvalue weighted by Crippen LogP contribution is -2.39. The van der Waals surface area contributed by atoms with Crippen molar-refractivity contribution in [2.45, 2.75) is 25.0 Å². The molecule has 158 valence electrons. The summed E-state index contributed by atoms with van der Waals surface area (Å²) in [5.74, 6) is -2.07. The fourth-order valence-electron chi connectivity index (χ4n) is 2.81. The summed E-state index contributed by atoms with van der Waals surface area (Å²) in [7, 11) is 0. The van der Waals surface area contributed by atoms with Gasteiger partial charge < -0.3 is 9.47 Å². The largest absolute Gasteiger partial charge is 0.431 e. The van der Waals surface area contributed by atoms with Crippen LogP contribution in [0.25, 0.3) is 5.57 Å². The van der Waals surface area contributed by atoms with E-state index < -0.39 is 36.5 Å². The smallest absolute Gasteiger partial charge is 0.387 e. The molecule has 2 amide bonds. The lowest BCUT2D eigenvalue weighted by molar-refractivity contribution is -0.122. The fourth-order valence-corrected chi connectivity index (χ4v) is 3.70. The molecule has 3 rings (SSSR count). The Bertz CT molecular complexity index is 997. The fraction of sp³-hybridized carbons (Fsp3) is 0.200. The SMILES string of the molecule is C/C(=C\C(=O)N1C(=O)CSc2ccccc21)c1ccc(OC(F)F)c(OC(F)F)c1. The van der Waals surface area contributed by atoms with E-state index in [2.05, 4.69) is 9.47 Å². The Morgan fingerprint density at radius 1 is 1.07 bits per heavy atom. The zero-order valence-corrected chi connectivity index (χ0v) is 16.3. The van der Waals surface area contributed by atoms with E-state index in [-0.39, 0.29) is 11.3 Å². The topological polar surface area (TPSA) is 55.8 Å². The molecule has 0 atom stereocenters. The number of fused-ring (bicyclic) bond motifs is 1. The van der Waals surface area contributed by atoms with Gasteiger partial charge in [-0.05, 0) is 42.3 Å². The first-order chi connectivity index (χ1) is 14.3. The Labute approximate surface area is 173 Å². The molecule has 1 aliphatic heterocycles. The van der Waals surface area contributed by atoms with Gasteiger partial charge in [0.05, 0.1) is 11.4 Å². The normalized spacial score (nSPS) is 14.2. The van der Waals surface area contributed by atoms with Crippen LogP contribution >= 0.6 is 11.8 Å². The monoisotopic (exact) mass is 441 g/mol. The van der Waals surface area contributed by atoms with Crippen molar-refractivity contribution in [3.63, 3.8) is 0 Å². The molecule has 5 nitrogen and oxygen atoms in total. The van der Waals surface area contributed by atoms with E-state index in [0.29, 0.717) is 11.3 Å². The highest BCUT2D eigenvalue weighted by molar-refractivity contribution is 8.00. The number of rotatable bonds is 6. The first-order valence-corrected chi connectivity index (χ1v) is 9.56. The lowest BCUT2D eigenvalue weighted by Gasteiger charge is -2.26. The Morgan fingerprint density at radius 2 is 1.73 bits per heavy atom. The van der Waals surface area contributed by atoms with Crippen LogP contribution in [0.2, 0.25) is 0 Å². The number of amides is 2. The van der Waals surface area contributed by atoms with Gasteiger partial charge in [-0.15, -0.1) is 11.8 Å². The second-order valence-corrected chi connectivity index (χ2v) is 7.09. The molecule has 1 heterocycles. The van der Waals surface area contributed by atoms with Crippen molar-refractivity contribution >= 4 is 34.8 Å². The van der Waals surface area contributed by atoms with Gasteiger partial charge >= 0.3 is 13.2 Å². The van der Waals surface area contributed by atoms with Gasteiger partial charge in [0.1, 0.15) is 0 Å². The Balaban J connectivity index is 1.91. The van der Waals surface area contributed by atoms with E-state index in [0.717, 1.165) is 21.9 Å². The summed E-state index contributed by atoms with van der Waals surface area (Å²) in [5.41, 5.74) is 1.02. The lowest BCUT2D eigenvalue weighted by atomic mass is 10.1. The molecule has 0 bridgehead atoms. The number of thioether (sulfide) groups is 1. The van der Waals surface area contributed by atoms with Crippen molar-refractivity contribution in [2.75, 3.05) is 10.7 Å². The highest BCUT2D eigenvalue weighted by atomic mass is 32.2. The molecule has 0 radical (unpaired) electrons. The first kappa shape index (κ1) is 21.7. The summed E-state index contributed by atoms with van der Waals surface area (Å²) in [6.07, 6.45) is 1.17. The van der Waals surface area contributed by atoms with Crippen LogP contribution in [0.15, 0.2) is 53.4 Å². The first-order valence-electron chi connectivity index (χ1n) is 8.57. The Morgan fingerprint density at radius 3 is 2.43 bits per heavy atom. The molecule has 0 fully saturated rings. The van der Waals surface area contributed by atoms with Crippen LogP contribution in [0, 0.1) is 0 Å². The van der Waals surface area contributed by atoms with E-state index in [4.69, 9.17) is 0 Å². The molecule has 30 heavy (non-hydrogen) atoms. The maximum Gasteiger partial charge on any atom is 0.387 e. The number of nitrogens with zero attached hydrogens (tertiary/aromatic N) is 1. The van der Waals surface area contributed by atoms with Crippen LogP contribution in [-0.2, 0) is 9.59 Å². The average Bonchev–Trinajstić information content (AvgIpc) is 2.68. The second kappa shape index (κ2) is 9.21. The summed E-state index contributed by atoms with van der Waals surface area (Å²) in [6, 6.07) is 10.3. The van der Waals surface area contributed by atoms with Gasteiger partial charge in [-0.25, -0.2) is 4.90 Å². The number of allylic oxidation sites excluding steroid dienone is 1. The van der Waals surface area contributed by atoms with Crippen molar-refractivity contribution in [2.24, 2.45) is 0 Å². The highest BCUT2D eigenvalue weighted by Gasteiger charge is 2.29. The molecule has 0 saturated heterocycles. The van der Waals surface area contributed by atoms with Gasteiger partial charge in [0.2, 0.25) is 5.91 Å². The zero-order chi connectivity index (χ0) is 21.8. The molecule has 0 N–H and O–H groups in total. The Kier molecular flexibility index (Phi) is 6.66. The van der Waals surface area contributed by atoms with Crippen molar-refractivity contribution in [1.82, 2.24) is 0 Å². The number of carbonyl (C=O) groups is 2. The molecule has 1 aliphatic rings. The van der Waals surface area contributed by atoms with Crippen LogP contribution in [0.4, 0.5) is 23.2 Å². The second-order valence-electron chi connectivity index (χ2n) is 6.07. The predicted octanol–water partition coefficient (Wildman–Crippen LogP) is 4.96. The van der Waals surface area contributed by atoms with E-state index >= 15 is 0 Å². The van der Waals surface area contributed by atoms with E-state index in [1.165, 1.54) is 30.8 Å². The van der Waals surface area contributed by atoms with Crippen LogP contribution in [0.5, 0.6) is 11.5 Å². The van der Waals surface area contributed by atoms with Crippen LogP contribution in [0.3, 0.4) is 0 Å². The highest BCUT2D eigenvalue weighted by Crippen LogP contribution is 2.36. The number of para-hydroxylation sites is 1. The van der Waals surface area contributed by atoms with Crippen molar-refractivity contribution < 1.29 is 36.6 Å². The minimum absolute atomic E-state index is 0.0989. The number of hydrogen-bond acceptors (Lipinski definition) is 5. The number of anilines is 1. The third-order valence-corrected chi connectivity index (χ3v) is 5.15. The molecule has 0 aromatic heterocycles. The maximum absolute atomic E-state index is 12.8. The van der Waals surface area contributed by atoms with Gasteiger partial charge in [0.25, 0.3) is 5.91 Å². The quantitative estimate of drug-likeness (QED) is 0.469. The third kappa shape index (κ3) is 4.93. The van der Waals surface area contributed by atoms with E-state index in [9.17, 15) is 27.2 Å². The summed E-state index contributed by atoms with van der Waals surface area (Å²) in [6.45, 7) is -4.97. The minimum Gasteiger partial charge on any atom is -0.431 e.